The molecule has 0 radical (unpaired) electrons. The van der Waals surface area contributed by atoms with Crippen LogP contribution in [0.15, 0.2) is 0 Å². The second-order valence-electron chi connectivity index (χ2n) is 7.73. The highest BCUT2D eigenvalue weighted by Crippen LogP contribution is 2.34. The van der Waals surface area contributed by atoms with Crippen molar-refractivity contribution in [3.63, 3.8) is 0 Å². The minimum atomic E-state index is 0. The van der Waals surface area contributed by atoms with E-state index in [4.69, 9.17) is 0 Å². The van der Waals surface area contributed by atoms with Crippen molar-refractivity contribution in [1.29, 1.82) is 0 Å². The number of halogens is 1. The number of carbonyl (C=O) groups excluding carboxylic acids is 1. The lowest BCUT2D eigenvalue weighted by atomic mass is 9.85. The van der Waals surface area contributed by atoms with Gasteiger partial charge in [0.2, 0.25) is 5.91 Å². The van der Waals surface area contributed by atoms with Crippen LogP contribution in [0.3, 0.4) is 0 Å². The summed E-state index contributed by atoms with van der Waals surface area (Å²) < 4.78 is 0. The zero-order valence-corrected chi connectivity index (χ0v) is 14.5. The zero-order chi connectivity index (χ0) is 14.4. The Hall–Kier alpha value is -0.320. The third kappa shape index (κ3) is 2.90. The van der Waals surface area contributed by atoms with Crippen molar-refractivity contribution < 1.29 is 4.79 Å². The lowest BCUT2D eigenvalue weighted by Gasteiger charge is -2.28. The number of hydrogen-bond acceptors (Lipinski definition) is 3. The molecule has 0 aromatic heterocycles. The van der Waals surface area contributed by atoms with Crippen molar-refractivity contribution in [2.45, 2.75) is 75.5 Å². The summed E-state index contributed by atoms with van der Waals surface area (Å²) in [6.45, 7) is 1.93. The maximum atomic E-state index is 12.9. The van der Waals surface area contributed by atoms with Crippen molar-refractivity contribution >= 4 is 18.3 Å². The van der Waals surface area contributed by atoms with E-state index in [1.165, 1.54) is 38.5 Å². The molecule has 5 atom stereocenters. The molecular weight excluding hydrogens is 298 g/mol. The van der Waals surface area contributed by atoms with Crippen LogP contribution in [-0.2, 0) is 4.79 Å². The summed E-state index contributed by atoms with van der Waals surface area (Å²) in [5, 5.41) is 3.66. The van der Waals surface area contributed by atoms with E-state index < -0.39 is 0 Å². The number of likely N-dealkylation sites (tertiary alicyclic amines) is 1. The highest BCUT2D eigenvalue weighted by atomic mass is 35.5. The van der Waals surface area contributed by atoms with Gasteiger partial charge in [-0.25, -0.2) is 0 Å². The molecule has 1 N–H and O–H groups in total. The maximum absolute atomic E-state index is 12.9. The van der Waals surface area contributed by atoms with Gasteiger partial charge in [0.1, 0.15) is 0 Å². The summed E-state index contributed by atoms with van der Waals surface area (Å²) in [7, 11) is 2.25. The van der Waals surface area contributed by atoms with Crippen LogP contribution in [-0.4, -0.2) is 60.0 Å². The number of fused-ring (bicyclic) bond motifs is 3. The number of nitrogens with zero attached hydrogens (tertiary/aromatic N) is 2. The van der Waals surface area contributed by atoms with Crippen molar-refractivity contribution in [3.8, 4) is 0 Å². The minimum absolute atomic E-state index is 0. The van der Waals surface area contributed by atoms with Crippen molar-refractivity contribution in [1.82, 2.24) is 15.1 Å². The van der Waals surface area contributed by atoms with E-state index in [1.807, 2.05) is 0 Å². The lowest BCUT2D eigenvalue weighted by molar-refractivity contribution is -0.133. The minimum Gasteiger partial charge on any atom is -0.340 e. The predicted octanol–water partition coefficient (Wildman–Crippen LogP) is 2.02. The fourth-order valence-electron chi connectivity index (χ4n) is 5.24. The van der Waals surface area contributed by atoms with Crippen LogP contribution in [0.4, 0.5) is 0 Å². The highest BCUT2D eigenvalue weighted by Gasteiger charge is 2.42. The van der Waals surface area contributed by atoms with Gasteiger partial charge in [0, 0.05) is 31.2 Å². The van der Waals surface area contributed by atoms with Gasteiger partial charge in [0.05, 0.1) is 6.04 Å². The maximum Gasteiger partial charge on any atom is 0.239 e. The van der Waals surface area contributed by atoms with Crippen molar-refractivity contribution in [2.24, 2.45) is 5.92 Å². The third-order valence-electron chi connectivity index (χ3n) is 6.62. The Labute approximate surface area is 140 Å². The van der Waals surface area contributed by atoms with Gasteiger partial charge in [-0.15, -0.1) is 12.4 Å². The van der Waals surface area contributed by atoms with Gasteiger partial charge in [-0.3, -0.25) is 9.69 Å². The molecule has 1 amide bonds. The van der Waals surface area contributed by atoms with Crippen LogP contribution in [0.25, 0.3) is 0 Å². The van der Waals surface area contributed by atoms with Crippen LogP contribution in [0.5, 0.6) is 0 Å². The molecular formula is C17H30ClN3O. The van der Waals surface area contributed by atoms with Gasteiger partial charge >= 0.3 is 0 Å². The molecule has 5 heteroatoms. The molecule has 1 saturated carbocycles. The second kappa shape index (κ2) is 6.66. The van der Waals surface area contributed by atoms with E-state index in [9.17, 15) is 4.79 Å². The first-order valence-corrected chi connectivity index (χ1v) is 8.99. The van der Waals surface area contributed by atoms with E-state index in [-0.39, 0.29) is 18.4 Å². The first-order valence-electron chi connectivity index (χ1n) is 8.99. The summed E-state index contributed by atoms with van der Waals surface area (Å²) in [5.41, 5.74) is 0. The Kier molecular flexibility index (Phi) is 5.01. The molecule has 1 aliphatic carbocycles. The van der Waals surface area contributed by atoms with Crippen molar-refractivity contribution in [2.75, 3.05) is 20.1 Å². The SMILES string of the molecule is CN1C2CCC1CN(C(=O)C1CC3CCCCC3N1)CC2.Cl. The van der Waals surface area contributed by atoms with Crippen LogP contribution in [0.2, 0.25) is 0 Å². The molecule has 4 aliphatic rings. The molecule has 4 rings (SSSR count). The Bertz CT molecular complexity index is 405. The van der Waals surface area contributed by atoms with Gasteiger partial charge in [-0.05, 0) is 51.5 Å². The Morgan fingerprint density at radius 2 is 1.82 bits per heavy atom. The molecule has 4 nitrogen and oxygen atoms in total. The normalized spacial score (nSPS) is 41.7. The number of rotatable bonds is 1. The van der Waals surface area contributed by atoms with E-state index in [0.717, 1.165) is 31.8 Å². The summed E-state index contributed by atoms with van der Waals surface area (Å²) in [6, 6.07) is 2.05. The molecule has 0 aromatic carbocycles. The van der Waals surface area contributed by atoms with E-state index >= 15 is 0 Å². The smallest absolute Gasteiger partial charge is 0.239 e. The number of amides is 1. The number of likely N-dealkylation sites (N-methyl/N-ethyl adjacent to an activating group) is 1. The first kappa shape index (κ1) is 16.5. The third-order valence-corrected chi connectivity index (χ3v) is 6.62. The van der Waals surface area contributed by atoms with Gasteiger partial charge in [-0.2, -0.15) is 0 Å². The van der Waals surface area contributed by atoms with Crippen LogP contribution in [0.1, 0.15) is 51.4 Å². The van der Waals surface area contributed by atoms with Gasteiger partial charge in [0.25, 0.3) is 0 Å². The fraction of sp³-hybridized carbons (Fsp3) is 0.941. The standard InChI is InChI=1S/C17H29N3O.ClH/c1-19-13-6-7-14(19)11-20(9-8-13)17(21)16-10-12-4-2-3-5-15(12)18-16;/h12-16,18H,2-11H2,1H3;1H. The van der Waals surface area contributed by atoms with Gasteiger partial charge in [0.15, 0.2) is 0 Å². The van der Waals surface area contributed by atoms with E-state index in [2.05, 4.69) is 22.2 Å². The molecule has 22 heavy (non-hydrogen) atoms. The largest absolute Gasteiger partial charge is 0.340 e. The Morgan fingerprint density at radius 1 is 1.05 bits per heavy atom. The second-order valence-corrected chi connectivity index (χ2v) is 7.73. The predicted molar refractivity (Wildman–Crippen MR) is 90.3 cm³/mol. The molecule has 3 heterocycles. The average molecular weight is 328 g/mol. The fourth-order valence-corrected chi connectivity index (χ4v) is 5.24. The molecule has 3 saturated heterocycles. The summed E-state index contributed by atoms with van der Waals surface area (Å²) in [4.78, 5) is 17.6. The summed E-state index contributed by atoms with van der Waals surface area (Å²) in [6.07, 6.45) is 10.2. The van der Waals surface area contributed by atoms with Gasteiger partial charge in [-0.1, -0.05) is 12.8 Å². The Balaban J connectivity index is 0.00000144. The monoisotopic (exact) mass is 327 g/mol. The molecule has 5 unspecified atom stereocenters. The van der Waals surface area contributed by atoms with Crippen LogP contribution in [0, 0.1) is 5.92 Å². The van der Waals surface area contributed by atoms with E-state index in [0.29, 0.717) is 24.0 Å². The molecule has 3 aliphatic heterocycles. The summed E-state index contributed by atoms with van der Waals surface area (Å²) in [5.74, 6) is 1.16. The molecule has 0 aromatic rings. The topological polar surface area (TPSA) is 35.6 Å². The molecule has 126 valence electrons. The first-order chi connectivity index (χ1) is 10.2. The quantitative estimate of drug-likeness (QED) is 0.800. The lowest BCUT2D eigenvalue weighted by Crippen LogP contribution is -2.48. The van der Waals surface area contributed by atoms with Crippen LogP contribution >= 0.6 is 12.4 Å². The highest BCUT2D eigenvalue weighted by molar-refractivity contribution is 5.85. The number of carbonyl (C=O) groups is 1. The molecule has 4 fully saturated rings. The summed E-state index contributed by atoms with van der Waals surface area (Å²) >= 11 is 0. The van der Waals surface area contributed by atoms with Crippen molar-refractivity contribution in [3.05, 3.63) is 0 Å². The number of nitrogens with one attached hydrogen (secondary N) is 1. The van der Waals surface area contributed by atoms with E-state index in [1.54, 1.807) is 0 Å². The van der Waals surface area contributed by atoms with Crippen LogP contribution < -0.4 is 5.32 Å². The van der Waals surface area contributed by atoms with Gasteiger partial charge < -0.3 is 10.2 Å². The average Bonchev–Trinajstić information content (AvgIpc) is 3.00. The molecule has 2 bridgehead atoms. The number of hydrogen-bond donors (Lipinski definition) is 1. The zero-order valence-electron chi connectivity index (χ0n) is 13.7. The Morgan fingerprint density at radius 3 is 2.64 bits per heavy atom. The molecule has 0 spiro atoms.